The molecule has 0 spiro atoms. The van der Waals surface area contributed by atoms with E-state index in [0.29, 0.717) is 10.8 Å². The minimum Gasteiger partial charge on any atom is -0.300 e. The number of aryl methyl sites for hydroxylation is 2. The first-order valence-corrected chi connectivity index (χ1v) is 9.82. The highest BCUT2D eigenvalue weighted by atomic mass is 79.9. The van der Waals surface area contributed by atoms with Crippen molar-refractivity contribution in [3.63, 3.8) is 0 Å². The first kappa shape index (κ1) is 17.1. The summed E-state index contributed by atoms with van der Waals surface area (Å²) in [5, 5.41) is 7.69. The molecule has 0 atom stereocenters. The molecule has 1 aliphatic rings. The molecule has 4 rings (SSSR count). The van der Waals surface area contributed by atoms with Crippen LogP contribution in [0, 0.1) is 0 Å². The zero-order valence-electron chi connectivity index (χ0n) is 13.7. The second-order valence-electron chi connectivity index (χ2n) is 6.01. The maximum Gasteiger partial charge on any atom is 0.267 e. The fourth-order valence-electron chi connectivity index (χ4n) is 2.88. The molecular weight excluding hydrogens is 416 g/mol. The average Bonchev–Trinajstić information content (AvgIpc) is 3.19. The van der Waals surface area contributed by atoms with Crippen molar-refractivity contribution in [1.82, 2.24) is 14.8 Å². The molecule has 0 bridgehead atoms. The van der Waals surface area contributed by atoms with Gasteiger partial charge in [0.05, 0.1) is 11.4 Å². The van der Waals surface area contributed by atoms with Crippen LogP contribution in [0.1, 0.15) is 17.0 Å². The first-order valence-electron chi connectivity index (χ1n) is 8.21. The molecule has 1 aliphatic carbocycles. The Kier molecular flexibility index (Phi) is 4.69. The molecule has 0 fully saturated rings. The highest BCUT2D eigenvalue weighted by Crippen LogP contribution is 2.30. The van der Waals surface area contributed by atoms with Gasteiger partial charge in [0.1, 0.15) is 6.54 Å². The molecule has 0 aliphatic heterocycles. The number of benzene rings is 1. The van der Waals surface area contributed by atoms with Crippen LogP contribution in [0.5, 0.6) is 0 Å². The number of carbonyl (C=O) groups is 1. The molecule has 0 radical (unpaired) electrons. The summed E-state index contributed by atoms with van der Waals surface area (Å²) >= 11 is 4.90. The number of amides is 1. The van der Waals surface area contributed by atoms with E-state index in [9.17, 15) is 9.59 Å². The van der Waals surface area contributed by atoms with E-state index >= 15 is 0 Å². The zero-order chi connectivity index (χ0) is 18.1. The maximum absolute atomic E-state index is 12.3. The van der Waals surface area contributed by atoms with E-state index in [2.05, 4.69) is 31.3 Å². The van der Waals surface area contributed by atoms with E-state index in [0.717, 1.165) is 35.0 Å². The number of anilines is 1. The van der Waals surface area contributed by atoms with Crippen LogP contribution in [0.25, 0.3) is 11.3 Å². The first-order chi connectivity index (χ1) is 12.6. The SMILES string of the molecule is O=C(Cn1nc(-c2ccc(Br)cc2)ccc1=O)Nc1nc2c(s1)CCC2. The normalized spacial score (nSPS) is 12.8. The van der Waals surface area contributed by atoms with Gasteiger partial charge in [-0.3, -0.25) is 9.59 Å². The topological polar surface area (TPSA) is 76.9 Å². The lowest BCUT2D eigenvalue weighted by Crippen LogP contribution is -2.29. The maximum atomic E-state index is 12.3. The molecule has 0 unspecified atom stereocenters. The number of thiazole rings is 1. The summed E-state index contributed by atoms with van der Waals surface area (Å²) in [7, 11) is 0. The van der Waals surface area contributed by atoms with Gasteiger partial charge in [0, 0.05) is 21.0 Å². The van der Waals surface area contributed by atoms with Crippen LogP contribution in [0.15, 0.2) is 45.7 Å². The number of nitrogens with zero attached hydrogens (tertiary/aromatic N) is 3. The van der Waals surface area contributed by atoms with Crippen molar-refractivity contribution in [2.45, 2.75) is 25.8 Å². The van der Waals surface area contributed by atoms with E-state index in [-0.39, 0.29) is 18.0 Å². The van der Waals surface area contributed by atoms with Crippen molar-refractivity contribution in [2.75, 3.05) is 5.32 Å². The van der Waals surface area contributed by atoms with E-state index < -0.39 is 0 Å². The Labute approximate surface area is 162 Å². The van der Waals surface area contributed by atoms with Crippen LogP contribution >= 0.6 is 27.3 Å². The molecule has 6 nitrogen and oxygen atoms in total. The van der Waals surface area contributed by atoms with Gasteiger partial charge in [-0.1, -0.05) is 28.1 Å². The smallest absolute Gasteiger partial charge is 0.267 e. The number of nitrogens with one attached hydrogen (secondary N) is 1. The van der Waals surface area contributed by atoms with Gasteiger partial charge in [-0.15, -0.1) is 11.3 Å². The van der Waals surface area contributed by atoms with Crippen molar-refractivity contribution < 1.29 is 4.79 Å². The molecule has 2 heterocycles. The van der Waals surface area contributed by atoms with E-state index in [1.54, 1.807) is 6.07 Å². The van der Waals surface area contributed by atoms with E-state index in [4.69, 9.17) is 0 Å². The Morgan fingerprint density at radius 3 is 2.77 bits per heavy atom. The van der Waals surface area contributed by atoms with Crippen LogP contribution in [-0.2, 0) is 24.2 Å². The van der Waals surface area contributed by atoms with Gasteiger partial charge >= 0.3 is 0 Å². The number of aromatic nitrogens is 3. The predicted octanol–water partition coefficient (Wildman–Crippen LogP) is 3.26. The van der Waals surface area contributed by atoms with Crippen molar-refractivity contribution >= 4 is 38.3 Å². The Morgan fingerprint density at radius 1 is 1.19 bits per heavy atom. The van der Waals surface area contributed by atoms with Gasteiger partial charge in [-0.2, -0.15) is 5.10 Å². The largest absolute Gasteiger partial charge is 0.300 e. The molecule has 2 aromatic heterocycles. The lowest BCUT2D eigenvalue weighted by Gasteiger charge is -2.07. The number of rotatable bonds is 4. The standard InChI is InChI=1S/C18H15BrN4O2S/c19-12-6-4-11(5-7-12)13-8-9-17(25)23(22-13)10-16(24)21-18-20-14-2-1-3-15(14)26-18/h4-9H,1-3,10H2,(H,20,21,24). The average molecular weight is 431 g/mol. The number of halogens is 1. The molecule has 3 aromatic rings. The number of fused-ring (bicyclic) bond motifs is 1. The van der Waals surface area contributed by atoms with Crippen LogP contribution in [0.2, 0.25) is 0 Å². The summed E-state index contributed by atoms with van der Waals surface area (Å²) in [6.07, 6.45) is 3.13. The quantitative estimate of drug-likeness (QED) is 0.688. The molecule has 8 heteroatoms. The molecule has 132 valence electrons. The minimum atomic E-state index is -0.317. The number of hydrogen-bond acceptors (Lipinski definition) is 5. The Bertz CT molecular complexity index is 1000. The predicted molar refractivity (Wildman–Crippen MR) is 104 cm³/mol. The Balaban J connectivity index is 1.51. The van der Waals surface area contributed by atoms with Crippen molar-refractivity contribution in [3.8, 4) is 11.3 Å². The van der Waals surface area contributed by atoms with Crippen molar-refractivity contribution in [2.24, 2.45) is 0 Å². The summed E-state index contributed by atoms with van der Waals surface area (Å²) in [6, 6.07) is 10.7. The third-order valence-corrected chi connectivity index (χ3v) is 5.74. The summed E-state index contributed by atoms with van der Waals surface area (Å²) in [5.74, 6) is -0.306. The van der Waals surface area contributed by atoms with Crippen molar-refractivity contribution in [1.29, 1.82) is 0 Å². The molecule has 1 N–H and O–H groups in total. The van der Waals surface area contributed by atoms with Crippen LogP contribution in [-0.4, -0.2) is 20.7 Å². The van der Waals surface area contributed by atoms with E-state index in [1.165, 1.54) is 27.0 Å². The number of hydrogen-bond donors (Lipinski definition) is 1. The molecule has 0 saturated carbocycles. The highest BCUT2D eigenvalue weighted by molar-refractivity contribution is 9.10. The lowest BCUT2D eigenvalue weighted by atomic mass is 10.1. The van der Waals surface area contributed by atoms with Gasteiger partial charge < -0.3 is 5.32 Å². The third-order valence-electron chi connectivity index (χ3n) is 4.14. The molecule has 26 heavy (non-hydrogen) atoms. The summed E-state index contributed by atoms with van der Waals surface area (Å²) in [5.41, 5.74) is 2.28. The lowest BCUT2D eigenvalue weighted by molar-refractivity contribution is -0.117. The highest BCUT2D eigenvalue weighted by Gasteiger charge is 2.18. The van der Waals surface area contributed by atoms with E-state index in [1.807, 2.05) is 24.3 Å². The van der Waals surface area contributed by atoms with Gasteiger partial charge in [-0.25, -0.2) is 9.67 Å². The molecule has 1 aromatic carbocycles. The summed E-state index contributed by atoms with van der Waals surface area (Å²) in [6.45, 7) is -0.145. The van der Waals surface area contributed by atoms with Gasteiger partial charge in [0.15, 0.2) is 5.13 Å². The fourth-order valence-corrected chi connectivity index (χ4v) is 4.21. The molecular formula is C18H15BrN4O2S. The fraction of sp³-hybridized carbons (Fsp3) is 0.222. The molecule has 0 saturated heterocycles. The summed E-state index contributed by atoms with van der Waals surface area (Å²) in [4.78, 5) is 30.0. The Morgan fingerprint density at radius 2 is 2.00 bits per heavy atom. The van der Waals surface area contributed by atoms with Crippen LogP contribution < -0.4 is 10.9 Å². The third kappa shape index (κ3) is 3.61. The van der Waals surface area contributed by atoms with Crippen LogP contribution in [0.3, 0.4) is 0 Å². The van der Waals surface area contributed by atoms with Gasteiger partial charge in [-0.05, 0) is 37.5 Å². The van der Waals surface area contributed by atoms with Crippen molar-refractivity contribution in [3.05, 3.63) is 61.8 Å². The molecule has 1 amide bonds. The second-order valence-corrected chi connectivity index (χ2v) is 8.01. The Hall–Kier alpha value is -2.32. The van der Waals surface area contributed by atoms with Gasteiger partial charge in [0.25, 0.3) is 5.56 Å². The summed E-state index contributed by atoms with van der Waals surface area (Å²) < 4.78 is 2.14. The minimum absolute atomic E-state index is 0.145. The van der Waals surface area contributed by atoms with Crippen LogP contribution in [0.4, 0.5) is 5.13 Å². The monoisotopic (exact) mass is 430 g/mol. The van der Waals surface area contributed by atoms with Gasteiger partial charge in [0.2, 0.25) is 5.91 Å². The zero-order valence-corrected chi connectivity index (χ0v) is 16.1. The second kappa shape index (κ2) is 7.13. The number of carbonyl (C=O) groups excluding carboxylic acids is 1.